The van der Waals surface area contributed by atoms with Crippen molar-refractivity contribution in [2.45, 2.75) is 44.1 Å². The lowest BCUT2D eigenvalue weighted by atomic mass is 9.72. The van der Waals surface area contributed by atoms with Gasteiger partial charge in [-0.2, -0.15) is 0 Å². The van der Waals surface area contributed by atoms with Crippen LogP contribution in [0.2, 0.25) is 0 Å². The standard InChI is InChI=1S/C16H19FN2O2/c17-12-4-1-3-11(9-12)13(20)19-16-6-2-5-15(10-16,7-8-16)14(18)21/h1,3-4,9H,2,5-8,10H2,(H2,18,21)(H,19,20)/t15-,16+/m1/s1. The van der Waals surface area contributed by atoms with Crippen molar-refractivity contribution in [1.29, 1.82) is 0 Å². The molecule has 2 amide bonds. The minimum absolute atomic E-state index is 0.260. The number of nitrogens with one attached hydrogen (secondary N) is 1. The van der Waals surface area contributed by atoms with E-state index in [4.69, 9.17) is 5.73 Å². The SMILES string of the molecule is NC(=O)[C@]12CCC[C@](NC(=O)c3cccc(F)c3)(CC1)C2. The third-order valence-corrected chi connectivity index (χ3v) is 5.06. The van der Waals surface area contributed by atoms with Crippen molar-refractivity contribution >= 4 is 11.8 Å². The van der Waals surface area contributed by atoms with Gasteiger partial charge in [0.25, 0.3) is 5.91 Å². The highest BCUT2D eigenvalue weighted by Gasteiger charge is 2.54. The van der Waals surface area contributed by atoms with Gasteiger partial charge >= 0.3 is 0 Å². The van der Waals surface area contributed by atoms with Crippen molar-refractivity contribution in [2.24, 2.45) is 11.1 Å². The Labute approximate surface area is 122 Å². The van der Waals surface area contributed by atoms with Crippen molar-refractivity contribution in [3.8, 4) is 0 Å². The van der Waals surface area contributed by atoms with Gasteiger partial charge < -0.3 is 11.1 Å². The van der Waals surface area contributed by atoms with Gasteiger partial charge in [0, 0.05) is 11.1 Å². The number of hydrogen-bond donors (Lipinski definition) is 2. The molecule has 0 radical (unpaired) electrons. The molecule has 0 aromatic heterocycles. The molecule has 2 fully saturated rings. The van der Waals surface area contributed by atoms with Gasteiger partial charge in [0.05, 0.1) is 5.41 Å². The van der Waals surface area contributed by atoms with E-state index in [0.717, 1.165) is 32.1 Å². The first-order chi connectivity index (χ1) is 9.95. The molecule has 112 valence electrons. The summed E-state index contributed by atoms with van der Waals surface area (Å²) in [5, 5.41) is 3.03. The Balaban J connectivity index is 1.79. The minimum atomic E-state index is -0.465. The van der Waals surface area contributed by atoms with Gasteiger partial charge in [0.2, 0.25) is 5.91 Å². The van der Waals surface area contributed by atoms with Crippen LogP contribution in [0.4, 0.5) is 4.39 Å². The maximum absolute atomic E-state index is 13.2. The number of rotatable bonds is 3. The normalized spacial score (nSPS) is 30.9. The molecule has 0 heterocycles. The molecule has 3 rings (SSSR count). The number of nitrogens with two attached hydrogens (primary N) is 1. The molecule has 3 N–H and O–H groups in total. The van der Waals surface area contributed by atoms with Crippen LogP contribution in [0.25, 0.3) is 0 Å². The molecule has 2 aliphatic carbocycles. The van der Waals surface area contributed by atoms with E-state index in [0.29, 0.717) is 12.0 Å². The number of carbonyl (C=O) groups is 2. The third-order valence-electron chi connectivity index (χ3n) is 5.06. The summed E-state index contributed by atoms with van der Waals surface area (Å²) in [5.41, 5.74) is 5.04. The van der Waals surface area contributed by atoms with E-state index in [1.807, 2.05) is 0 Å². The maximum Gasteiger partial charge on any atom is 0.251 e. The summed E-state index contributed by atoms with van der Waals surface area (Å²) in [4.78, 5) is 24.1. The van der Waals surface area contributed by atoms with E-state index in [1.54, 1.807) is 6.07 Å². The zero-order valence-electron chi connectivity index (χ0n) is 11.8. The Kier molecular flexibility index (Phi) is 3.23. The highest BCUT2D eigenvalue weighted by atomic mass is 19.1. The van der Waals surface area contributed by atoms with Crippen molar-refractivity contribution < 1.29 is 14.0 Å². The Bertz CT molecular complexity index is 604. The van der Waals surface area contributed by atoms with Gasteiger partial charge in [-0.1, -0.05) is 12.5 Å². The molecule has 2 saturated carbocycles. The van der Waals surface area contributed by atoms with E-state index >= 15 is 0 Å². The van der Waals surface area contributed by atoms with Crippen LogP contribution in [0.3, 0.4) is 0 Å². The van der Waals surface area contributed by atoms with E-state index in [2.05, 4.69) is 5.32 Å². The lowest BCUT2D eigenvalue weighted by molar-refractivity contribution is -0.128. The second-order valence-electron chi connectivity index (χ2n) is 6.42. The summed E-state index contributed by atoms with van der Waals surface area (Å²) in [5.74, 6) is -0.970. The molecular formula is C16H19FN2O2. The van der Waals surface area contributed by atoms with Crippen LogP contribution in [-0.4, -0.2) is 17.4 Å². The number of hydrogen-bond acceptors (Lipinski definition) is 2. The largest absolute Gasteiger partial charge is 0.369 e. The Hall–Kier alpha value is -1.91. The molecule has 0 unspecified atom stereocenters. The number of benzene rings is 1. The smallest absolute Gasteiger partial charge is 0.251 e. The molecule has 21 heavy (non-hydrogen) atoms. The fourth-order valence-electron chi connectivity index (χ4n) is 3.94. The van der Waals surface area contributed by atoms with Crippen LogP contribution in [0.15, 0.2) is 24.3 Å². The molecule has 2 atom stereocenters. The number of fused-ring (bicyclic) bond motifs is 2. The summed E-state index contributed by atoms with van der Waals surface area (Å²) in [7, 11) is 0. The number of primary amides is 1. The van der Waals surface area contributed by atoms with E-state index in [1.165, 1.54) is 18.2 Å². The molecule has 4 nitrogen and oxygen atoms in total. The highest BCUT2D eigenvalue weighted by molar-refractivity contribution is 5.95. The van der Waals surface area contributed by atoms with E-state index < -0.39 is 11.2 Å². The van der Waals surface area contributed by atoms with Crippen LogP contribution in [0.5, 0.6) is 0 Å². The van der Waals surface area contributed by atoms with Gasteiger partial charge in [0.1, 0.15) is 5.82 Å². The van der Waals surface area contributed by atoms with Crippen molar-refractivity contribution in [3.05, 3.63) is 35.6 Å². The van der Waals surface area contributed by atoms with Crippen molar-refractivity contribution in [1.82, 2.24) is 5.32 Å². The average Bonchev–Trinajstić information content (AvgIpc) is 2.71. The predicted octanol–water partition coefficient (Wildman–Crippen LogP) is 2.13. The molecule has 2 aliphatic rings. The molecular weight excluding hydrogens is 271 g/mol. The van der Waals surface area contributed by atoms with Gasteiger partial charge in [-0.15, -0.1) is 0 Å². The summed E-state index contributed by atoms with van der Waals surface area (Å²) < 4.78 is 13.2. The fourth-order valence-corrected chi connectivity index (χ4v) is 3.94. The topological polar surface area (TPSA) is 72.2 Å². The zero-order valence-corrected chi connectivity index (χ0v) is 11.8. The molecule has 0 aliphatic heterocycles. The minimum Gasteiger partial charge on any atom is -0.369 e. The van der Waals surface area contributed by atoms with Gasteiger partial charge in [-0.3, -0.25) is 9.59 Å². The monoisotopic (exact) mass is 290 g/mol. The number of carbonyl (C=O) groups excluding carboxylic acids is 2. The summed E-state index contributed by atoms with van der Waals surface area (Å²) >= 11 is 0. The van der Waals surface area contributed by atoms with Gasteiger partial charge in [-0.25, -0.2) is 4.39 Å². The fraction of sp³-hybridized carbons (Fsp3) is 0.500. The van der Waals surface area contributed by atoms with Crippen molar-refractivity contribution in [3.63, 3.8) is 0 Å². The van der Waals surface area contributed by atoms with Crippen molar-refractivity contribution in [2.75, 3.05) is 0 Å². The molecule has 0 saturated heterocycles. The van der Waals surface area contributed by atoms with Gasteiger partial charge in [0.15, 0.2) is 0 Å². The second-order valence-corrected chi connectivity index (χ2v) is 6.42. The van der Waals surface area contributed by atoms with Gasteiger partial charge in [-0.05, 0) is 50.3 Å². The first-order valence-corrected chi connectivity index (χ1v) is 7.33. The third kappa shape index (κ3) is 2.41. The number of halogens is 1. The van der Waals surface area contributed by atoms with Crippen LogP contribution >= 0.6 is 0 Å². The highest BCUT2D eigenvalue weighted by Crippen LogP contribution is 2.53. The van der Waals surface area contributed by atoms with Crippen LogP contribution in [0, 0.1) is 11.2 Å². The Morgan fingerprint density at radius 2 is 2.00 bits per heavy atom. The first-order valence-electron chi connectivity index (χ1n) is 7.33. The predicted molar refractivity (Wildman–Crippen MR) is 75.9 cm³/mol. The zero-order chi connectivity index (χ0) is 15.1. The lowest BCUT2D eigenvalue weighted by Gasteiger charge is -2.38. The molecule has 0 spiro atoms. The summed E-state index contributed by atoms with van der Waals surface area (Å²) in [6.07, 6.45) is 4.63. The Morgan fingerprint density at radius 1 is 1.19 bits per heavy atom. The van der Waals surface area contributed by atoms with Crippen LogP contribution < -0.4 is 11.1 Å². The quantitative estimate of drug-likeness (QED) is 0.895. The second kappa shape index (κ2) is 4.83. The van der Waals surface area contributed by atoms with E-state index in [-0.39, 0.29) is 17.4 Å². The molecule has 5 heteroatoms. The maximum atomic E-state index is 13.2. The van der Waals surface area contributed by atoms with Crippen LogP contribution in [0.1, 0.15) is 48.9 Å². The average molecular weight is 290 g/mol. The molecule has 2 bridgehead atoms. The molecule has 1 aromatic carbocycles. The lowest BCUT2D eigenvalue weighted by Crippen LogP contribution is -2.51. The molecule has 1 aromatic rings. The van der Waals surface area contributed by atoms with Crippen LogP contribution in [-0.2, 0) is 4.79 Å². The summed E-state index contributed by atoms with van der Waals surface area (Å²) in [6.45, 7) is 0. The number of amides is 2. The summed E-state index contributed by atoms with van der Waals surface area (Å²) in [6, 6.07) is 5.65. The van der Waals surface area contributed by atoms with E-state index in [9.17, 15) is 14.0 Å². The first kappa shape index (κ1) is 14.0. The Morgan fingerprint density at radius 3 is 2.71 bits per heavy atom.